The van der Waals surface area contributed by atoms with Crippen molar-refractivity contribution < 1.29 is 0 Å². The molecule has 0 aromatic carbocycles. The van der Waals surface area contributed by atoms with Gasteiger partial charge < -0.3 is 0 Å². The molecule has 0 heterocycles. The maximum atomic E-state index is 3.76. The molecule has 0 N–H and O–H groups in total. The van der Waals surface area contributed by atoms with Gasteiger partial charge in [0.25, 0.3) is 0 Å². The summed E-state index contributed by atoms with van der Waals surface area (Å²) >= 11 is 0. The molecule has 0 saturated heterocycles. The molecule has 0 fully saturated rings. The van der Waals surface area contributed by atoms with Gasteiger partial charge in [0, 0.05) is 0 Å². The van der Waals surface area contributed by atoms with Crippen LogP contribution < -0.4 is 0 Å². The predicted molar refractivity (Wildman–Crippen MR) is 88.5 cm³/mol. The van der Waals surface area contributed by atoms with Gasteiger partial charge in [0.05, 0.1) is 0 Å². The molecule has 0 heteroatoms. The Bertz CT molecular complexity index is 634. The Labute approximate surface area is 122 Å². The number of hydrogen-bond donors (Lipinski definition) is 0. The largest absolute Gasteiger partial charge is 0.128 e. The fraction of sp³-hybridized carbons (Fsp3) is 0.250. The average molecular weight is 262 g/mol. The van der Waals surface area contributed by atoms with Crippen LogP contribution in [-0.2, 0) is 0 Å². The summed E-state index contributed by atoms with van der Waals surface area (Å²) in [6.45, 7) is 10.0. The molecule has 0 aromatic rings. The first kappa shape index (κ1) is 14.4. The fourth-order valence-electron chi connectivity index (χ4n) is 2.99. The predicted octanol–water partition coefficient (Wildman–Crippen LogP) is 5.75. The summed E-state index contributed by atoms with van der Waals surface area (Å²) in [5.74, 6) is 0. The van der Waals surface area contributed by atoms with Gasteiger partial charge in [0.1, 0.15) is 0 Å². The van der Waals surface area contributed by atoms with Crippen molar-refractivity contribution in [1.82, 2.24) is 0 Å². The molecule has 0 radical (unpaired) electrons. The van der Waals surface area contributed by atoms with Crippen LogP contribution in [0.2, 0.25) is 0 Å². The van der Waals surface area contributed by atoms with Gasteiger partial charge in [-0.1, -0.05) is 43.0 Å². The highest BCUT2D eigenvalue weighted by Gasteiger charge is 2.28. The lowest BCUT2D eigenvalue weighted by Gasteiger charge is -2.18. The average Bonchev–Trinajstić information content (AvgIpc) is 2.75. The van der Waals surface area contributed by atoms with Crippen molar-refractivity contribution in [2.75, 3.05) is 0 Å². The van der Waals surface area contributed by atoms with Gasteiger partial charge >= 0.3 is 0 Å². The Morgan fingerprint density at radius 1 is 1.05 bits per heavy atom. The summed E-state index contributed by atoms with van der Waals surface area (Å²) in [6.07, 6.45) is 17.5. The van der Waals surface area contributed by atoms with Crippen molar-refractivity contribution in [3.63, 3.8) is 0 Å². The van der Waals surface area contributed by atoms with Crippen LogP contribution in [0.4, 0.5) is 0 Å². The van der Waals surface area contributed by atoms with E-state index in [9.17, 15) is 0 Å². The van der Waals surface area contributed by atoms with Crippen molar-refractivity contribution in [2.24, 2.45) is 0 Å². The molecule has 0 aliphatic heterocycles. The van der Waals surface area contributed by atoms with E-state index in [0.717, 1.165) is 12.8 Å². The van der Waals surface area contributed by atoms with E-state index in [-0.39, 0.29) is 0 Å². The monoisotopic (exact) mass is 262 g/mol. The molecule has 20 heavy (non-hydrogen) atoms. The fourth-order valence-corrected chi connectivity index (χ4v) is 2.99. The van der Waals surface area contributed by atoms with Crippen LogP contribution in [0, 0.1) is 0 Å². The van der Waals surface area contributed by atoms with E-state index in [1.54, 1.807) is 0 Å². The van der Waals surface area contributed by atoms with Gasteiger partial charge in [0.2, 0.25) is 0 Å². The molecule has 0 amide bonds. The Hall–Kier alpha value is -2.04. The molecule has 2 aliphatic rings. The van der Waals surface area contributed by atoms with Crippen LogP contribution in [-0.4, -0.2) is 0 Å². The van der Waals surface area contributed by atoms with E-state index in [0.29, 0.717) is 0 Å². The molecule has 0 nitrogen and oxygen atoms in total. The van der Waals surface area contributed by atoms with Gasteiger partial charge in [-0.2, -0.15) is 0 Å². The summed E-state index contributed by atoms with van der Waals surface area (Å²) in [6, 6.07) is 0. The van der Waals surface area contributed by atoms with Crippen molar-refractivity contribution in [2.45, 2.75) is 33.6 Å². The third-order valence-electron chi connectivity index (χ3n) is 3.75. The molecule has 0 atom stereocenters. The maximum Gasteiger partial charge on any atom is -0.00195 e. The molecule has 2 rings (SSSR count). The molecule has 2 aliphatic carbocycles. The van der Waals surface area contributed by atoms with Crippen molar-refractivity contribution in [3.8, 4) is 0 Å². The summed E-state index contributed by atoms with van der Waals surface area (Å²) < 4.78 is 0. The van der Waals surface area contributed by atoms with Crippen molar-refractivity contribution >= 4 is 0 Å². The number of hydrogen-bond acceptors (Lipinski definition) is 0. The van der Waals surface area contributed by atoms with Crippen LogP contribution in [0.3, 0.4) is 0 Å². The minimum atomic E-state index is 1.12. The van der Waals surface area contributed by atoms with Crippen molar-refractivity contribution in [3.05, 3.63) is 88.3 Å². The quantitative estimate of drug-likeness (QED) is 0.568. The minimum Gasteiger partial charge on any atom is -0.128 e. The number of fused-ring (bicyclic) bond motifs is 1. The Kier molecular flexibility index (Phi) is 4.61. The number of rotatable bonds is 3. The van der Waals surface area contributed by atoms with E-state index in [4.69, 9.17) is 0 Å². The first-order valence-corrected chi connectivity index (χ1v) is 7.25. The Morgan fingerprint density at radius 3 is 2.35 bits per heavy atom. The molecular formula is C20H22. The highest BCUT2D eigenvalue weighted by atomic mass is 14.3. The van der Waals surface area contributed by atoms with Gasteiger partial charge in [-0.05, 0) is 73.1 Å². The van der Waals surface area contributed by atoms with Crippen LogP contribution in [0.5, 0.6) is 0 Å². The van der Waals surface area contributed by atoms with E-state index < -0.39 is 0 Å². The summed E-state index contributed by atoms with van der Waals surface area (Å²) in [4.78, 5) is 0. The smallest absolute Gasteiger partial charge is 0.00195 e. The summed E-state index contributed by atoms with van der Waals surface area (Å²) in [7, 11) is 0. The molecule has 0 bridgehead atoms. The molecule has 0 aromatic heterocycles. The van der Waals surface area contributed by atoms with E-state index in [2.05, 4.69) is 69.5 Å². The Morgan fingerprint density at radius 2 is 1.75 bits per heavy atom. The first-order valence-electron chi connectivity index (χ1n) is 7.25. The highest BCUT2D eigenvalue weighted by Crippen LogP contribution is 2.46. The zero-order valence-electron chi connectivity index (χ0n) is 12.7. The molecular weight excluding hydrogens is 240 g/mol. The third kappa shape index (κ3) is 2.35. The van der Waals surface area contributed by atoms with Gasteiger partial charge in [-0.3, -0.25) is 0 Å². The topological polar surface area (TPSA) is 0 Å². The zero-order chi connectivity index (χ0) is 14.5. The summed E-state index contributed by atoms with van der Waals surface area (Å²) in [5.41, 5.74) is 11.0. The van der Waals surface area contributed by atoms with E-state index in [1.807, 2.05) is 6.08 Å². The van der Waals surface area contributed by atoms with Crippen LogP contribution >= 0.6 is 0 Å². The van der Waals surface area contributed by atoms with E-state index in [1.165, 1.54) is 33.4 Å². The van der Waals surface area contributed by atoms with Gasteiger partial charge in [0.15, 0.2) is 0 Å². The minimum absolute atomic E-state index is 1.12. The number of allylic oxidation sites excluding steroid dienone is 13. The lowest BCUT2D eigenvalue weighted by Crippen LogP contribution is -2.00. The molecule has 0 unspecified atom stereocenters. The lowest BCUT2D eigenvalue weighted by molar-refractivity contribution is 0.948. The molecule has 0 spiro atoms. The van der Waals surface area contributed by atoms with Crippen LogP contribution in [0.1, 0.15) is 33.6 Å². The highest BCUT2D eigenvalue weighted by molar-refractivity contribution is 5.77. The normalized spacial score (nSPS) is 20.9. The summed E-state index contributed by atoms with van der Waals surface area (Å²) in [5, 5.41) is 0. The molecule has 0 saturated carbocycles. The zero-order valence-corrected chi connectivity index (χ0v) is 12.7. The molecule has 102 valence electrons. The van der Waals surface area contributed by atoms with E-state index >= 15 is 0 Å². The maximum absolute atomic E-state index is 3.76. The Balaban J connectivity index is 2.78. The second-order valence-corrected chi connectivity index (χ2v) is 4.93. The van der Waals surface area contributed by atoms with Gasteiger partial charge in [-0.15, -0.1) is 5.73 Å². The van der Waals surface area contributed by atoms with Crippen molar-refractivity contribution in [1.29, 1.82) is 0 Å². The van der Waals surface area contributed by atoms with Crippen LogP contribution in [0.25, 0.3) is 0 Å². The lowest BCUT2D eigenvalue weighted by atomic mass is 9.86. The second-order valence-electron chi connectivity index (χ2n) is 4.93. The first-order chi connectivity index (χ1) is 9.78. The second kappa shape index (κ2) is 6.41. The van der Waals surface area contributed by atoms with Crippen LogP contribution in [0.15, 0.2) is 88.3 Å². The SMILES string of the molecule is C=C=CC1=C2C(=CCC/C2=C/C)C(/C=C\C)=C1/C=C\C. The van der Waals surface area contributed by atoms with Gasteiger partial charge in [-0.25, -0.2) is 0 Å². The standard InChI is InChI=1S/C20H22/c1-5-10-16-17(11-6-2)19-14-9-13-15(8-4)20(19)18(16)12-7-3/h5-6,8,10-12,14H,3,9,13H2,1-2,4H3/b10-5-,11-6-,15-8-. The third-order valence-corrected chi connectivity index (χ3v) is 3.75.